The fourth-order valence-corrected chi connectivity index (χ4v) is 3.68. The molecule has 10 nitrogen and oxygen atoms in total. The van der Waals surface area contributed by atoms with E-state index in [1.165, 1.54) is 0 Å². The van der Waals surface area contributed by atoms with Crippen molar-refractivity contribution in [3.8, 4) is 34.4 Å². The van der Waals surface area contributed by atoms with Crippen molar-refractivity contribution < 1.29 is 24.1 Å². The Morgan fingerprint density at radius 3 is 2.30 bits per heavy atom. The van der Waals surface area contributed by atoms with Crippen LogP contribution < -0.4 is 30.4 Å². The Labute approximate surface area is 233 Å². The quantitative estimate of drug-likeness (QED) is 0.212. The number of pyridine rings is 1. The molecule has 1 heterocycles. The highest BCUT2D eigenvalue weighted by Crippen LogP contribution is 2.24. The van der Waals surface area contributed by atoms with E-state index in [0.29, 0.717) is 55.1 Å². The molecule has 0 bridgehead atoms. The van der Waals surface area contributed by atoms with Crippen LogP contribution in [0.15, 0.2) is 59.4 Å². The van der Waals surface area contributed by atoms with E-state index in [4.69, 9.17) is 19.5 Å². The normalized spacial score (nSPS) is 11.5. The van der Waals surface area contributed by atoms with Crippen LogP contribution in [0.4, 0.5) is 0 Å². The Hall–Kier alpha value is -4.33. The maximum atomic E-state index is 12.1. The Bertz CT molecular complexity index is 1330. The van der Waals surface area contributed by atoms with Gasteiger partial charge < -0.3 is 34.9 Å². The zero-order valence-electron chi connectivity index (χ0n) is 23.0. The molecule has 1 amide bonds. The lowest BCUT2D eigenvalue weighted by atomic mass is 10.0. The van der Waals surface area contributed by atoms with E-state index in [-0.39, 0.29) is 24.7 Å². The number of hydrogen-bond donors (Lipinski definition) is 4. The molecule has 0 saturated heterocycles. The third-order valence-electron chi connectivity index (χ3n) is 5.83. The molecule has 0 radical (unpaired) electrons. The van der Waals surface area contributed by atoms with E-state index in [1.807, 2.05) is 19.9 Å². The number of hydrogen-bond acceptors (Lipinski definition) is 8. The van der Waals surface area contributed by atoms with E-state index in [1.54, 1.807) is 61.5 Å². The number of aromatic amines is 1. The average Bonchev–Trinajstić information content (AvgIpc) is 2.95. The molecule has 4 N–H and O–H groups in total. The van der Waals surface area contributed by atoms with Crippen molar-refractivity contribution in [3.05, 3.63) is 76.2 Å². The molecule has 212 valence electrons. The second-order valence-corrected chi connectivity index (χ2v) is 9.53. The molecule has 0 saturated carbocycles. The number of amides is 1. The Morgan fingerprint density at radius 1 is 1.02 bits per heavy atom. The maximum Gasteiger partial charge on any atom is 0.266 e. The first kappa shape index (κ1) is 30.2. The minimum Gasteiger partial charge on any atom is -0.494 e. The van der Waals surface area contributed by atoms with Crippen molar-refractivity contribution in [1.82, 2.24) is 15.6 Å². The van der Waals surface area contributed by atoms with Gasteiger partial charge in [-0.05, 0) is 61.4 Å². The van der Waals surface area contributed by atoms with Crippen LogP contribution in [0.5, 0.6) is 17.2 Å². The summed E-state index contributed by atoms with van der Waals surface area (Å²) in [7, 11) is 0. The van der Waals surface area contributed by atoms with Crippen molar-refractivity contribution in [2.75, 3.05) is 32.9 Å². The molecule has 3 rings (SSSR count). The third kappa shape index (κ3) is 9.76. The van der Waals surface area contributed by atoms with Gasteiger partial charge in [-0.3, -0.25) is 9.59 Å². The molecule has 0 spiro atoms. The standard InChI is InChI=1S/C30H36N4O6/c1-20(2)33-17-24(35)18-39-27-11-9-25(10-12-27)38-14-4-13-32-29(36)19-40-26-7-5-22(6-8-26)28-15-23(16-31)30(37)34-21(28)3/h5-12,15,20,24,33,35H,4,13-14,17-19H2,1-3H3,(H,32,36)(H,34,37). The van der Waals surface area contributed by atoms with E-state index >= 15 is 0 Å². The van der Waals surface area contributed by atoms with Gasteiger partial charge in [-0.2, -0.15) is 5.26 Å². The lowest BCUT2D eigenvalue weighted by molar-refractivity contribution is -0.123. The molecule has 0 fully saturated rings. The summed E-state index contributed by atoms with van der Waals surface area (Å²) in [6, 6.07) is 18.0. The van der Waals surface area contributed by atoms with Crippen LogP contribution in [0.3, 0.4) is 0 Å². The van der Waals surface area contributed by atoms with Gasteiger partial charge in [0.2, 0.25) is 0 Å². The molecule has 40 heavy (non-hydrogen) atoms. The van der Waals surface area contributed by atoms with E-state index in [0.717, 1.165) is 11.1 Å². The van der Waals surface area contributed by atoms with Crippen LogP contribution in [-0.2, 0) is 4.79 Å². The number of ether oxygens (including phenoxy) is 3. The number of nitrogens with one attached hydrogen (secondary N) is 3. The second kappa shape index (κ2) is 15.3. The Balaban J connectivity index is 1.32. The molecule has 3 aromatic rings. The predicted molar refractivity (Wildman–Crippen MR) is 152 cm³/mol. The summed E-state index contributed by atoms with van der Waals surface area (Å²) >= 11 is 0. The number of carbonyl (C=O) groups excluding carboxylic acids is 1. The molecule has 2 aromatic carbocycles. The van der Waals surface area contributed by atoms with Crippen molar-refractivity contribution in [1.29, 1.82) is 5.26 Å². The largest absolute Gasteiger partial charge is 0.494 e. The van der Waals surface area contributed by atoms with Gasteiger partial charge in [0.15, 0.2) is 6.61 Å². The molecule has 1 aromatic heterocycles. The van der Waals surface area contributed by atoms with Gasteiger partial charge in [0.1, 0.15) is 41.6 Å². The first-order chi connectivity index (χ1) is 19.2. The minimum atomic E-state index is -0.586. The van der Waals surface area contributed by atoms with Crippen molar-refractivity contribution >= 4 is 5.91 Å². The smallest absolute Gasteiger partial charge is 0.266 e. The van der Waals surface area contributed by atoms with Gasteiger partial charge in [0.25, 0.3) is 11.5 Å². The summed E-state index contributed by atoms with van der Waals surface area (Å²) in [6.45, 7) is 7.23. The number of benzene rings is 2. The zero-order chi connectivity index (χ0) is 28.9. The number of aromatic nitrogens is 1. The monoisotopic (exact) mass is 548 g/mol. The molecular formula is C30H36N4O6. The predicted octanol–water partition coefficient (Wildman–Crippen LogP) is 2.92. The van der Waals surface area contributed by atoms with Gasteiger partial charge in [-0.25, -0.2) is 0 Å². The highest BCUT2D eigenvalue weighted by molar-refractivity contribution is 5.77. The number of rotatable bonds is 15. The topological polar surface area (TPSA) is 146 Å². The number of H-pyrrole nitrogens is 1. The van der Waals surface area contributed by atoms with Crippen LogP contribution in [0.2, 0.25) is 0 Å². The number of nitrogens with zero attached hydrogens (tertiary/aromatic N) is 1. The average molecular weight is 549 g/mol. The van der Waals surface area contributed by atoms with Crippen LogP contribution in [0.25, 0.3) is 11.1 Å². The highest BCUT2D eigenvalue weighted by Gasteiger charge is 2.09. The summed E-state index contributed by atoms with van der Waals surface area (Å²) < 4.78 is 16.9. The highest BCUT2D eigenvalue weighted by atomic mass is 16.5. The van der Waals surface area contributed by atoms with Gasteiger partial charge in [-0.1, -0.05) is 26.0 Å². The fraction of sp³-hybridized carbons (Fsp3) is 0.367. The minimum absolute atomic E-state index is 0.0495. The lowest BCUT2D eigenvalue weighted by Crippen LogP contribution is -2.35. The number of nitriles is 1. The van der Waals surface area contributed by atoms with Crippen molar-refractivity contribution in [2.24, 2.45) is 0 Å². The SMILES string of the molecule is Cc1[nH]c(=O)c(C#N)cc1-c1ccc(OCC(=O)NCCCOc2ccc(OCC(O)CNC(C)C)cc2)cc1. The summed E-state index contributed by atoms with van der Waals surface area (Å²) in [5.74, 6) is 1.62. The fourth-order valence-electron chi connectivity index (χ4n) is 3.68. The maximum absolute atomic E-state index is 12.1. The van der Waals surface area contributed by atoms with Crippen LogP contribution in [0, 0.1) is 18.3 Å². The van der Waals surface area contributed by atoms with Crippen molar-refractivity contribution in [2.45, 2.75) is 39.3 Å². The third-order valence-corrected chi connectivity index (χ3v) is 5.83. The summed E-state index contributed by atoms with van der Waals surface area (Å²) in [5.41, 5.74) is 1.86. The molecular weight excluding hydrogens is 512 g/mol. The van der Waals surface area contributed by atoms with Crippen LogP contribution >= 0.6 is 0 Å². The second-order valence-electron chi connectivity index (χ2n) is 9.53. The summed E-state index contributed by atoms with van der Waals surface area (Å²) in [5, 5.41) is 25.0. The number of aliphatic hydroxyl groups is 1. The molecule has 0 aliphatic rings. The Kier molecular flexibility index (Phi) is 11.6. The van der Waals surface area contributed by atoms with E-state index in [9.17, 15) is 14.7 Å². The number of aliphatic hydroxyl groups excluding tert-OH is 1. The molecule has 0 aliphatic carbocycles. The molecule has 1 unspecified atom stereocenters. The molecule has 0 aliphatic heterocycles. The molecule has 1 atom stereocenters. The van der Waals surface area contributed by atoms with Gasteiger partial charge in [0.05, 0.1) is 6.61 Å². The van der Waals surface area contributed by atoms with Crippen LogP contribution in [-0.4, -0.2) is 61.1 Å². The first-order valence-electron chi connectivity index (χ1n) is 13.2. The van der Waals surface area contributed by atoms with Gasteiger partial charge >= 0.3 is 0 Å². The number of aryl methyl sites for hydroxylation is 1. The summed E-state index contributed by atoms with van der Waals surface area (Å²) in [4.78, 5) is 26.6. The van der Waals surface area contributed by atoms with Crippen LogP contribution in [0.1, 0.15) is 31.5 Å². The van der Waals surface area contributed by atoms with E-state index in [2.05, 4.69) is 15.6 Å². The van der Waals surface area contributed by atoms with Gasteiger partial charge in [0, 0.05) is 30.4 Å². The summed E-state index contributed by atoms with van der Waals surface area (Å²) in [6.07, 6.45) is 0.0359. The zero-order valence-corrected chi connectivity index (χ0v) is 23.0. The Morgan fingerprint density at radius 2 is 1.65 bits per heavy atom. The van der Waals surface area contributed by atoms with Crippen molar-refractivity contribution in [3.63, 3.8) is 0 Å². The van der Waals surface area contributed by atoms with Gasteiger partial charge in [-0.15, -0.1) is 0 Å². The molecule has 10 heteroatoms. The number of carbonyl (C=O) groups is 1. The first-order valence-corrected chi connectivity index (χ1v) is 13.2. The lowest BCUT2D eigenvalue weighted by Gasteiger charge is -2.15. The van der Waals surface area contributed by atoms with E-state index < -0.39 is 11.7 Å².